The molecule has 128 valence electrons. The van der Waals surface area contributed by atoms with Crippen LogP contribution >= 0.6 is 15.9 Å². The molecule has 2 N–H and O–H groups in total. The predicted octanol–water partition coefficient (Wildman–Crippen LogP) is 2.23. The summed E-state index contributed by atoms with van der Waals surface area (Å²) in [5, 5.41) is 10.7. The molecule has 0 radical (unpaired) electrons. The van der Waals surface area contributed by atoms with E-state index in [-0.39, 0.29) is 23.8 Å². The molecular formula is C18H23BrN4O. The Morgan fingerprint density at radius 3 is 3.04 bits per heavy atom. The van der Waals surface area contributed by atoms with Crippen LogP contribution in [0.5, 0.6) is 0 Å². The van der Waals surface area contributed by atoms with Crippen LogP contribution in [-0.4, -0.2) is 34.8 Å². The normalized spacial score (nSPS) is 21.6. The lowest BCUT2D eigenvalue weighted by molar-refractivity contribution is -0.125. The maximum Gasteiger partial charge on any atom is 0.225 e. The van der Waals surface area contributed by atoms with Gasteiger partial charge in [0.05, 0.1) is 12.1 Å². The Morgan fingerprint density at radius 2 is 2.33 bits per heavy atom. The number of carbonyl (C=O) groups is 1. The van der Waals surface area contributed by atoms with Gasteiger partial charge in [0.15, 0.2) is 0 Å². The van der Waals surface area contributed by atoms with E-state index in [2.05, 4.69) is 50.7 Å². The third kappa shape index (κ3) is 4.05. The van der Waals surface area contributed by atoms with E-state index in [0.29, 0.717) is 0 Å². The quantitative estimate of drug-likeness (QED) is 0.822. The van der Waals surface area contributed by atoms with Crippen molar-refractivity contribution in [2.75, 3.05) is 13.1 Å². The Kier molecular flexibility index (Phi) is 5.36. The zero-order valence-corrected chi connectivity index (χ0v) is 15.6. The number of halogens is 1. The zero-order valence-electron chi connectivity index (χ0n) is 14.0. The van der Waals surface area contributed by atoms with Gasteiger partial charge >= 0.3 is 0 Å². The lowest BCUT2D eigenvalue weighted by atomic mass is 9.90. The van der Waals surface area contributed by atoms with E-state index in [9.17, 15) is 4.79 Å². The van der Waals surface area contributed by atoms with E-state index in [0.717, 1.165) is 29.5 Å². The second-order valence-electron chi connectivity index (χ2n) is 6.56. The van der Waals surface area contributed by atoms with Gasteiger partial charge in [-0.1, -0.05) is 28.1 Å². The summed E-state index contributed by atoms with van der Waals surface area (Å²) in [6.07, 6.45) is 4.69. The molecule has 3 rings (SSSR count). The monoisotopic (exact) mass is 390 g/mol. The molecule has 3 atom stereocenters. The second-order valence-corrected chi connectivity index (χ2v) is 7.48. The molecule has 1 saturated heterocycles. The number of amides is 1. The minimum Gasteiger partial charge on any atom is -0.353 e. The fraction of sp³-hybridized carbons (Fsp3) is 0.444. The summed E-state index contributed by atoms with van der Waals surface area (Å²) in [5.74, 6) is 0.271. The number of nitrogens with zero attached hydrogens (tertiary/aromatic N) is 2. The molecule has 1 aliphatic heterocycles. The number of carbonyl (C=O) groups excluding carboxylic acids is 1. The SMILES string of the molecule is CC(Cc1cccc(Br)c1)NC(=O)[C@H]1CNC[C@@H]1c1cnn(C)c1. The number of aryl methyl sites for hydroxylation is 1. The number of aromatic nitrogens is 2. The van der Waals surface area contributed by atoms with Gasteiger partial charge in [-0.2, -0.15) is 5.10 Å². The van der Waals surface area contributed by atoms with Crippen molar-refractivity contribution in [1.29, 1.82) is 0 Å². The molecule has 5 nitrogen and oxygen atoms in total. The van der Waals surface area contributed by atoms with Gasteiger partial charge in [-0.15, -0.1) is 0 Å². The summed E-state index contributed by atoms with van der Waals surface area (Å²) in [6, 6.07) is 8.31. The van der Waals surface area contributed by atoms with E-state index in [1.165, 1.54) is 5.56 Å². The van der Waals surface area contributed by atoms with E-state index in [4.69, 9.17) is 0 Å². The molecule has 0 bridgehead atoms. The number of nitrogens with one attached hydrogen (secondary N) is 2. The van der Waals surface area contributed by atoms with Gasteiger partial charge in [-0.3, -0.25) is 9.48 Å². The molecule has 0 aliphatic carbocycles. The topological polar surface area (TPSA) is 59.0 Å². The van der Waals surface area contributed by atoms with Crippen LogP contribution in [0.15, 0.2) is 41.1 Å². The van der Waals surface area contributed by atoms with Gasteiger partial charge in [-0.25, -0.2) is 0 Å². The Labute approximate surface area is 151 Å². The molecule has 0 spiro atoms. The average Bonchev–Trinajstić information content (AvgIpc) is 3.15. The summed E-state index contributed by atoms with van der Waals surface area (Å²) in [5.41, 5.74) is 2.34. The maximum atomic E-state index is 12.7. The number of hydrogen-bond acceptors (Lipinski definition) is 3. The van der Waals surface area contributed by atoms with Gasteiger partial charge in [0.2, 0.25) is 5.91 Å². The molecule has 1 aliphatic rings. The Hall–Kier alpha value is -1.66. The minimum atomic E-state index is -0.0424. The second kappa shape index (κ2) is 7.49. The molecule has 0 saturated carbocycles. The summed E-state index contributed by atoms with van der Waals surface area (Å²) in [6.45, 7) is 3.60. The fourth-order valence-electron chi connectivity index (χ4n) is 3.35. The van der Waals surface area contributed by atoms with Crippen LogP contribution in [-0.2, 0) is 18.3 Å². The standard InChI is InChI=1S/C18H23BrN4O/c1-12(6-13-4-3-5-15(19)7-13)22-18(24)17-10-20-9-16(17)14-8-21-23(2)11-14/h3-5,7-8,11-12,16-17,20H,6,9-10H2,1-2H3,(H,22,24)/t12?,16-,17+/m1/s1. The van der Waals surface area contributed by atoms with E-state index >= 15 is 0 Å². The van der Waals surface area contributed by atoms with Gasteiger partial charge in [0.1, 0.15) is 0 Å². The predicted molar refractivity (Wildman–Crippen MR) is 97.8 cm³/mol. The summed E-state index contributed by atoms with van der Waals surface area (Å²) in [7, 11) is 1.90. The first kappa shape index (κ1) is 17.2. The van der Waals surface area contributed by atoms with E-state index in [1.54, 1.807) is 4.68 Å². The molecule has 1 aromatic carbocycles. The highest BCUT2D eigenvalue weighted by atomic mass is 79.9. The van der Waals surface area contributed by atoms with E-state index in [1.807, 2.05) is 31.6 Å². The van der Waals surface area contributed by atoms with Crippen LogP contribution in [0.1, 0.15) is 24.0 Å². The number of benzene rings is 1. The minimum absolute atomic E-state index is 0.0424. The molecule has 2 aromatic rings. The maximum absolute atomic E-state index is 12.7. The molecular weight excluding hydrogens is 368 g/mol. The van der Waals surface area contributed by atoms with Crippen LogP contribution in [0, 0.1) is 5.92 Å². The van der Waals surface area contributed by atoms with Crippen molar-refractivity contribution < 1.29 is 4.79 Å². The van der Waals surface area contributed by atoms with Gasteiger partial charge in [-0.05, 0) is 36.6 Å². The molecule has 24 heavy (non-hydrogen) atoms. The average molecular weight is 391 g/mol. The van der Waals surface area contributed by atoms with Crippen LogP contribution < -0.4 is 10.6 Å². The van der Waals surface area contributed by atoms with Crippen molar-refractivity contribution in [2.45, 2.75) is 25.3 Å². The zero-order chi connectivity index (χ0) is 17.1. The third-order valence-corrected chi connectivity index (χ3v) is 5.02. The van der Waals surface area contributed by atoms with Gasteiger partial charge in [0.25, 0.3) is 0 Å². The lowest BCUT2D eigenvalue weighted by Crippen LogP contribution is -2.40. The van der Waals surface area contributed by atoms with Crippen molar-refractivity contribution >= 4 is 21.8 Å². The van der Waals surface area contributed by atoms with Gasteiger partial charge in [0, 0.05) is 42.8 Å². The van der Waals surface area contributed by atoms with E-state index < -0.39 is 0 Å². The molecule has 6 heteroatoms. The van der Waals surface area contributed by atoms with Crippen molar-refractivity contribution in [3.63, 3.8) is 0 Å². The van der Waals surface area contributed by atoms with Crippen LogP contribution in [0.2, 0.25) is 0 Å². The molecule has 1 unspecified atom stereocenters. The van der Waals surface area contributed by atoms with Crippen LogP contribution in [0.3, 0.4) is 0 Å². The van der Waals surface area contributed by atoms with Gasteiger partial charge < -0.3 is 10.6 Å². The smallest absolute Gasteiger partial charge is 0.225 e. The molecule has 1 amide bonds. The fourth-order valence-corrected chi connectivity index (χ4v) is 3.80. The Morgan fingerprint density at radius 1 is 1.50 bits per heavy atom. The number of rotatable bonds is 5. The van der Waals surface area contributed by atoms with Crippen molar-refractivity contribution in [1.82, 2.24) is 20.4 Å². The summed E-state index contributed by atoms with van der Waals surface area (Å²) in [4.78, 5) is 12.7. The summed E-state index contributed by atoms with van der Waals surface area (Å²) < 4.78 is 2.86. The first-order valence-corrected chi connectivity index (χ1v) is 9.06. The first-order valence-electron chi connectivity index (χ1n) is 8.27. The Balaban J connectivity index is 1.61. The first-order chi connectivity index (χ1) is 11.5. The van der Waals surface area contributed by atoms with Crippen molar-refractivity contribution in [3.8, 4) is 0 Å². The lowest BCUT2D eigenvalue weighted by Gasteiger charge is -2.20. The van der Waals surface area contributed by atoms with Crippen LogP contribution in [0.25, 0.3) is 0 Å². The van der Waals surface area contributed by atoms with Crippen LogP contribution in [0.4, 0.5) is 0 Å². The number of hydrogen-bond donors (Lipinski definition) is 2. The molecule has 2 heterocycles. The van der Waals surface area contributed by atoms with Crippen molar-refractivity contribution in [2.24, 2.45) is 13.0 Å². The highest BCUT2D eigenvalue weighted by molar-refractivity contribution is 9.10. The summed E-state index contributed by atoms with van der Waals surface area (Å²) >= 11 is 3.49. The largest absolute Gasteiger partial charge is 0.353 e. The van der Waals surface area contributed by atoms with Crippen molar-refractivity contribution in [3.05, 3.63) is 52.3 Å². The Bertz CT molecular complexity index is 715. The highest BCUT2D eigenvalue weighted by Gasteiger charge is 2.35. The molecule has 1 aromatic heterocycles. The highest BCUT2D eigenvalue weighted by Crippen LogP contribution is 2.28. The third-order valence-electron chi connectivity index (χ3n) is 4.52. The molecule has 1 fully saturated rings.